The van der Waals surface area contributed by atoms with E-state index in [0.29, 0.717) is 18.0 Å². The quantitative estimate of drug-likeness (QED) is 0.706. The molecule has 1 N–H and O–H groups in total. The van der Waals surface area contributed by atoms with E-state index in [1.165, 1.54) is 5.56 Å². The molecule has 2 fully saturated rings. The molecule has 1 aromatic rings. The van der Waals surface area contributed by atoms with Gasteiger partial charge >= 0.3 is 0 Å². The van der Waals surface area contributed by atoms with E-state index < -0.39 is 6.10 Å². The zero-order chi connectivity index (χ0) is 19.1. The van der Waals surface area contributed by atoms with Gasteiger partial charge in [-0.25, -0.2) is 0 Å². The van der Waals surface area contributed by atoms with Gasteiger partial charge in [-0.15, -0.1) is 0 Å². The number of nitrogens with zero attached hydrogens (tertiary/aromatic N) is 3. The summed E-state index contributed by atoms with van der Waals surface area (Å²) in [5, 5.41) is 10.4. The third kappa shape index (κ3) is 6.33. The van der Waals surface area contributed by atoms with Crippen molar-refractivity contribution in [1.29, 1.82) is 0 Å². The molecule has 1 aromatic carbocycles. The van der Waals surface area contributed by atoms with Crippen LogP contribution in [-0.4, -0.2) is 106 Å². The summed E-state index contributed by atoms with van der Waals surface area (Å²) < 4.78 is 16.8. The monoisotopic (exact) mass is 379 g/mol. The van der Waals surface area contributed by atoms with E-state index in [9.17, 15) is 5.11 Å². The van der Waals surface area contributed by atoms with Crippen LogP contribution in [0.3, 0.4) is 0 Å². The highest BCUT2D eigenvalue weighted by atomic mass is 16.5. The molecule has 7 heteroatoms. The SMILES string of the molecule is COc1ccc(CN2CCOCC2)cc1OC[C@@H](O)CN1CCN(C)CC1. The summed E-state index contributed by atoms with van der Waals surface area (Å²) in [6.45, 7) is 9.34. The maximum Gasteiger partial charge on any atom is 0.161 e. The van der Waals surface area contributed by atoms with Crippen molar-refractivity contribution in [2.75, 3.05) is 79.8 Å². The summed E-state index contributed by atoms with van der Waals surface area (Å²) in [4.78, 5) is 6.97. The maximum absolute atomic E-state index is 10.4. The van der Waals surface area contributed by atoms with Gasteiger partial charge in [0.2, 0.25) is 0 Å². The number of benzene rings is 1. The molecule has 152 valence electrons. The Morgan fingerprint density at radius 1 is 1.04 bits per heavy atom. The highest BCUT2D eigenvalue weighted by molar-refractivity contribution is 5.43. The van der Waals surface area contributed by atoms with Crippen LogP contribution in [0.4, 0.5) is 0 Å². The Balaban J connectivity index is 1.52. The highest BCUT2D eigenvalue weighted by Crippen LogP contribution is 2.29. The number of morpholine rings is 1. The molecule has 27 heavy (non-hydrogen) atoms. The van der Waals surface area contributed by atoms with Crippen LogP contribution in [0.15, 0.2) is 18.2 Å². The Morgan fingerprint density at radius 3 is 2.48 bits per heavy atom. The average molecular weight is 380 g/mol. The molecule has 3 rings (SSSR count). The zero-order valence-electron chi connectivity index (χ0n) is 16.6. The Hall–Kier alpha value is -1.38. The van der Waals surface area contributed by atoms with E-state index in [2.05, 4.69) is 27.8 Å². The number of rotatable bonds is 8. The Labute approximate surface area is 162 Å². The normalized spacial score (nSPS) is 21.1. The first-order valence-electron chi connectivity index (χ1n) is 9.83. The minimum absolute atomic E-state index is 0.268. The number of hydrogen-bond acceptors (Lipinski definition) is 7. The van der Waals surface area contributed by atoms with Crippen molar-refractivity contribution in [1.82, 2.24) is 14.7 Å². The first-order valence-corrected chi connectivity index (χ1v) is 9.83. The summed E-state index contributed by atoms with van der Waals surface area (Å²) in [6, 6.07) is 6.04. The number of methoxy groups -OCH3 is 1. The third-order valence-electron chi connectivity index (χ3n) is 5.23. The van der Waals surface area contributed by atoms with E-state index in [4.69, 9.17) is 14.2 Å². The number of aliphatic hydroxyl groups excluding tert-OH is 1. The molecule has 2 saturated heterocycles. The lowest BCUT2D eigenvalue weighted by atomic mass is 10.2. The lowest BCUT2D eigenvalue weighted by Crippen LogP contribution is -2.47. The Bertz CT molecular complexity index is 572. The average Bonchev–Trinajstić information content (AvgIpc) is 2.69. The second-order valence-electron chi connectivity index (χ2n) is 7.44. The molecule has 0 saturated carbocycles. The molecule has 0 bridgehead atoms. The highest BCUT2D eigenvalue weighted by Gasteiger charge is 2.18. The fraction of sp³-hybridized carbons (Fsp3) is 0.700. The van der Waals surface area contributed by atoms with Gasteiger partial charge in [0.1, 0.15) is 12.7 Å². The third-order valence-corrected chi connectivity index (χ3v) is 5.23. The van der Waals surface area contributed by atoms with Gasteiger partial charge in [0.05, 0.1) is 20.3 Å². The molecular weight excluding hydrogens is 346 g/mol. The number of likely N-dealkylation sites (N-methyl/N-ethyl adjacent to an activating group) is 1. The topological polar surface area (TPSA) is 57.6 Å². The largest absolute Gasteiger partial charge is 0.493 e. The maximum atomic E-state index is 10.4. The molecule has 0 aromatic heterocycles. The minimum atomic E-state index is -0.513. The summed E-state index contributed by atoms with van der Waals surface area (Å²) in [5.74, 6) is 1.40. The van der Waals surface area contributed by atoms with Gasteiger partial charge in [-0.3, -0.25) is 9.80 Å². The molecule has 0 amide bonds. The molecule has 0 spiro atoms. The molecule has 2 aliphatic heterocycles. The van der Waals surface area contributed by atoms with Crippen molar-refractivity contribution in [3.05, 3.63) is 23.8 Å². The lowest BCUT2D eigenvalue weighted by Gasteiger charge is -2.33. The first kappa shape index (κ1) is 20.4. The van der Waals surface area contributed by atoms with E-state index in [1.54, 1.807) is 7.11 Å². The molecular formula is C20H33N3O4. The molecule has 0 aliphatic carbocycles. The summed E-state index contributed by atoms with van der Waals surface area (Å²) in [6.07, 6.45) is -0.513. The van der Waals surface area contributed by atoms with Crippen LogP contribution in [0.2, 0.25) is 0 Å². The van der Waals surface area contributed by atoms with Crippen LogP contribution in [0.25, 0.3) is 0 Å². The van der Waals surface area contributed by atoms with Crippen LogP contribution in [-0.2, 0) is 11.3 Å². The van der Waals surface area contributed by atoms with Crippen LogP contribution >= 0.6 is 0 Å². The van der Waals surface area contributed by atoms with Crippen molar-refractivity contribution < 1.29 is 19.3 Å². The fourth-order valence-corrected chi connectivity index (χ4v) is 3.52. The molecule has 7 nitrogen and oxygen atoms in total. The second-order valence-corrected chi connectivity index (χ2v) is 7.44. The van der Waals surface area contributed by atoms with E-state index in [0.717, 1.165) is 59.0 Å². The van der Waals surface area contributed by atoms with Gasteiger partial charge in [0, 0.05) is 52.4 Å². The summed E-state index contributed by atoms with van der Waals surface area (Å²) in [7, 11) is 3.78. The minimum Gasteiger partial charge on any atom is -0.493 e. The van der Waals surface area contributed by atoms with E-state index in [1.807, 2.05) is 12.1 Å². The van der Waals surface area contributed by atoms with Gasteiger partial charge < -0.3 is 24.2 Å². The van der Waals surface area contributed by atoms with Crippen LogP contribution in [0.1, 0.15) is 5.56 Å². The Kier molecular flexibility index (Phi) is 7.72. The second kappa shape index (κ2) is 10.2. The van der Waals surface area contributed by atoms with Crippen molar-refractivity contribution in [3.8, 4) is 11.5 Å². The van der Waals surface area contributed by atoms with Crippen molar-refractivity contribution in [2.45, 2.75) is 12.6 Å². The molecule has 0 radical (unpaired) electrons. The smallest absolute Gasteiger partial charge is 0.161 e. The number of β-amino-alcohol motifs (C(OH)–C–C–N with tert-alkyl or cyclic N) is 1. The van der Waals surface area contributed by atoms with Gasteiger partial charge in [-0.2, -0.15) is 0 Å². The van der Waals surface area contributed by atoms with Crippen molar-refractivity contribution >= 4 is 0 Å². The predicted molar refractivity (Wildman–Crippen MR) is 105 cm³/mol. The van der Waals surface area contributed by atoms with Crippen LogP contribution < -0.4 is 9.47 Å². The fourth-order valence-electron chi connectivity index (χ4n) is 3.52. The molecule has 1 atom stereocenters. The number of hydrogen-bond donors (Lipinski definition) is 1. The van der Waals surface area contributed by atoms with Gasteiger partial charge in [0.25, 0.3) is 0 Å². The van der Waals surface area contributed by atoms with Crippen molar-refractivity contribution in [2.24, 2.45) is 0 Å². The number of piperazine rings is 1. The number of ether oxygens (including phenoxy) is 3. The zero-order valence-corrected chi connectivity index (χ0v) is 16.6. The molecule has 2 aliphatic rings. The number of aliphatic hydroxyl groups is 1. The van der Waals surface area contributed by atoms with Crippen LogP contribution in [0.5, 0.6) is 11.5 Å². The lowest BCUT2D eigenvalue weighted by molar-refractivity contribution is 0.0340. The Morgan fingerprint density at radius 2 is 1.78 bits per heavy atom. The van der Waals surface area contributed by atoms with Gasteiger partial charge in [-0.1, -0.05) is 6.07 Å². The predicted octanol–water partition coefficient (Wildman–Crippen LogP) is 0.515. The van der Waals surface area contributed by atoms with Gasteiger partial charge in [0.15, 0.2) is 11.5 Å². The van der Waals surface area contributed by atoms with E-state index >= 15 is 0 Å². The summed E-state index contributed by atoms with van der Waals surface area (Å²) in [5.41, 5.74) is 1.18. The van der Waals surface area contributed by atoms with Crippen LogP contribution in [0, 0.1) is 0 Å². The summed E-state index contributed by atoms with van der Waals surface area (Å²) >= 11 is 0. The standard InChI is InChI=1S/C20H33N3O4/c1-21-5-7-22(8-6-21)15-18(24)16-27-20-13-17(3-4-19(20)25-2)14-23-9-11-26-12-10-23/h3-4,13,18,24H,5-12,14-16H2,1-2H3/t18-/m0/s1. The van der Waals surface area contributed by atoms with E-state index in [-0.39, 0.29) is 6.61 Å². The van der Waals surface area contributed by atoms with Crippen molar-refractivity contribution in [3.63, 3.8) is 0 Å². The molecule has 2 heterocycles. The first-order chi connectivity index (χ1) is 13.1. The van der Waals surface area contributed by atoms with Gasteiger partial charge in [-0.05, 0) is 24.7 Å². The molecule has 0 unspecified atom stereocenters.